The number of non-ortho nitro benzene ring substituents is 1. The fraction of sp³-hybridized carbons (Fsp3) is 0.286. The molecule has 7 heteroatoms. The van der Waals surface area contributed by atoms with Gasteiger partial charge in [-0.05, 0) is 31.2 Å². The van der Waals surface area contributed by atoms with Gasteiger partial charge in [0.2, 0.25) is 5.91 Å². The summed E-state index contributed by atoms with van der Waals surface area (Å²) in [4.78, 5) is 26.8. The van der Waals surface area contributed by atoms with Crippen LogP contribution in [0.4, 0.5) is 11.4 Å². The number of nitro groups is 1. The van der Waals surface area contributed by atoms with Gasteiger partial charge in [-0.3, -0.25) is 14.9 Å². The second kappa shape index (κ2) is 9.03. The van der Waals surface area contributed by atoms with Crippen molar-refractivity contribution in [3.63, 3.8) is 0 Å². The third-order valence-electron chi connectivity index (χ3n) is 4.64. The number of nitro benzene ring substituents is 1. The third kappa shape index (κ3) is 4.68. The molecule has 3 rings (SSSR count). The Morgan fingerprint density at radius 2 is 1.79 bits per heavy atom. The second-order valence-electron chi connectivity index (χ2n) is 6.39. The molecule has 1 aliphatic heterocycles. The molecule has 1 amide bonds. The van der Waals surface area contributed by atoms with E-state index in [0.717, 1.165) is 17.0 Å². The van der Waals surface area contributed by atoms with Crippen LogP contribution in [-0.2, 0) is 4.79 Å². The van der Waals surface area contributed by atoms with Crippen LogP contribution in [0.25, 0.3) is 6.08 Å². The molecule has 0 unspecified atom stereocenters. The van der Waals surface area contributed by atoms with E-state index >= 15 is 0 Å². The van der Waals surface area contributed by atoms with Crippen molar-refractivity contribution < 1.29 is 14.5 Å². The Morgan fingerprint density at radius 3 is 2.43 bits per heavy atom. The number of para-hydroxylation sites is 1. The highest BCUT2D eigenvalue weighted by Crippen LogP contribution is 2.22. The molecule has 0 saturated carbocycles. The molecule has 0 bridgehead atoms. The number of amides is 1. The molecule has 1 fully saturated rings. The molecule has 1 heterocycles. The highest BCUT2D eigenvalue weighted by Gasteiger charge is 2.20. The molecule has 0 N–H and O–H groups in total. The van der Waals surface area contributed by atoms with Gasteiger partial charge in [-0.25, -0.2) is 0 Å². The van der Waals surface area contributed by atoms with Crippen LogP contribution in [0.3, 0.4) is 0 Å². The maximum absolute atomic E-state index is 12.5. The molecule has 0 atom stereocenters. The van der Waals surface area contributed by atoms with Gasteiger partial charge in [-0.2, -0.15) is 0 Å². The summed E-state index contributed by atoms with van der Waals surface area (Å²) in [6.07, 6.45) is 3.37. The van der Waals surface area contributed by atoms with E-state index in [0.29, 0.717) is 32.8 Å². The van der Waals surface area contributed by atoms with E-state index in [9.17, 15) is 14.9 Å². The van der Waals surface area contributed by atoms with Crippen LogP contribution in [-0.4, -0.2) is 48.5 Å². The Labute approximate surface area is 164 Å². The minimum atomic E-state index is -0.406. The van der Waals surface area contributed by atoms with E-state index in [4.69, 9.17) is 4.74 Å². The Bertz CT molecular complexity index is 856. The normalized spacial score (nSPS) is 14.3. The third-order valence-corrected chi connectivity index (χ3v) is 4.64. The molecule has 0 aliphatic carbocycles. The summed E-state index contributed by atoms with van der Waals surface area (Å²) >= 11 is 0. The van der Waals surface area contributed by atoms with Gasteiger partial charge < -0.3 is 14.5 Å². The number of rotatable bonds is 6. The zero-order valence-corrected chi connectivity index (χ0v) is 15.8. The molecule has 1 aliphatic rings. The quantitative estimate of drug-likeness (QED) is 0.436. The summed E-state index contributed by atoms with van der Waals surface area (Å²) in [6.45, 7) is 5.08. The Morgan fingerprint density at radius 1 is 1.11 bits per heavy atom. The predicted molar refractivity (Wildman–Crippen MR) is 109 cm³/mol. The lowest BCUT2D eigenvalue weighted by Gasteiger charge is -2.35. The summed E-state index contributed by atoms with van der Waals surface area (Å²) in [5, 5.41) is 10.8. The summed E-state index contributed by atoms with van der Waals surface area (Å²) in [5.41, 5.74) is 1.89. The van der Waals surface area contributed by atoms with Gasteiger partial charge in [0.05, 0.1) is 11.5 Å². The van der Waals surface area contributed by atoms with Crippen molar-refractivity contribution >= 4 is 23.4 Å². The van der Waals surface area contributed by atoms with Crippen molar-refractivity contribution in [2.24, 2.45) is 0 Å². The number of hydrogen-bond donors (Lipinski definition) is 0. The Kier molecular flexibility index (Phi) is 6.26. The zero-order valence-electron chi connectivity index (χ0n) is 15.8. The van der Waals surface area contributed by atoms with Crippen molar-refractivity contribution in [1.29, 1.82) is 0 Å². The van der Waals surface area contributed by atoms with E-state index in [1.165, 1.54) is 12.1 Å². The number of carbonyl (C=O) groups excluding carboxylic acids is 1. The first-order valence-corrected chi connectivity index (χ1v) is 9.26. The minimum absolute atomic E-state index is 0.0327. The molecular formula is C21H23N3O4. The molecule has 0 aromatic heterocycles. The van der Waals surface area contributed by atoms with Gasteiger partial charge in [-0.15, -0.1) is 0 Å². The maximum Gasteiger partial charge on any atom is 0.269 e. The number of benzene rings is 2. The van der Waals surface area contributed by atoms with Crippen molar-refractivity contribution in [2.45, 2.75) is 6.92 Å². The highest BCUT2D eigenvalue weighted by molar-refractivity contribution is 5.92. The molecule has 146 valence electrons. The smallest absolute Gasteiger partial charge is 0.269 e. The van der Waals surface area contributed by atoms with Gasteiger partial charge in [0.25, 0.3) is 5.69 Å². The molecule has 0 spiro atoms. The van der Waals surface area contributed by atoms with E-state index in [-0.39, 0.29) is 11.6 Å². The molecule has 1 saturated heterocycles. The first kappa shape index (κ1) is 19.4. The number of hydrogen-bond acceptors (Lipinski definition) is 5. The first-order chi connectivity index (χ1) is 13.6. The van der Waals surface area contributed by atoms with Crippen LogP contribution in [0.1, 0.15) is 12.5 Å². The highest BCUT2D eigenvalue weighted by atomic mass is 16.6. The van der Waals surface area contributed by atoms with E-state index < -0.39 is 4.92 Å². The molecule has 2 aromatic carbocycles. The van der Waals surface area contributed by atoms with Crippen LogP contribution in [0, 0.1) is 10.1 Å². The average molecular weight is 381 g/mol. The Balaban J connectivity index is 1.57. The Hall–Kier alpha value is -3.35. The van der Waals surface area contributed by atoms with E-state index in [2.05, 4.69) is 4.90 Å². The standard InChI is InChI=1S/C21H23N3O4/c1-2-28-20-6-4-3-5-17(20)7-12-21(25)23-15-13-22(14-16-23)18-8-10-19(11-9-18)24(26)27/h3-12H,2,13-16H2,1H3/b12-7+. The van der Waals surface area contributed by atoms with Gasteiger partial charge in [0.1, 0.15) is 5.75 Å². The van der Waals surface area contributed by atoms with Crippen LogP contribution < -0.4 is 9.64 Å². The SMILES string of the molecule is CCOc1ccccc1/C=C/C(=O)N1CCN(c2ccc([N+](=O)[O-])cc2)CC1. The largest absolute Gasteiger partial charge is 0.493 e. The van der Waals surface area contributed by atoms with E-state index in [1.54, 1.807) is 24.3 Å². The summed E-state index contributed by atoms with van der Waals surface area (Å²) in [5.74, 6) is 0.728. The number of anilines is 1. The lowest BCUT2D eigenvalue weighted by atomic mass is 10.2. The van der Waals surface area contributed by atoms with Gasteiger partial charge in [0.15, 0.2) is 0 Å². The van der Waals surface area contributed by atoms with Crippen molar-refractivity contribution in [3.05, 3.63) is 70.3 Å². The summed E-state index contributed by atoms with van der Waals surface area (Å²) in [7, 11) is 0. The van der Waals surface area contributed by atoms with Crippen molar-refractivity contribution in [3.8, 4) is 5.75 Å². The van der Waals surface area contributed by atoms with Gasteiger partial charge >= 0.3 is 0 Å². The van der Waals surface area contributed by atoms with Crippen molar-refractivity contribution in [1.82, 2.24) is 4.90 Å². The number of nitrogens with zero attached hydrogens (tertiary/aromatic N) is 3. The minimum Gasteiger partial charge on any atom is -0.493 e. The monoisotopic (exact) mass is 381 g/mol. The fourth-order valence-electron chi connectivity index (χ4n) is 3.14. The topological polar surface area (TPSA) is 75.9 Å². The maximum atomic E-state index is 12.5. The van der Waals surface area contributed by atoms with Crippen LogP contribution in [0.15, 0.2) is 54.6 Å². The summed E-state index contributed by atoms with van der Waals surface area (Å²) < 4.78 is 5.58. The lowest BCUT2D eigenvalue weighted by Crippen LogP contribution is -2.48. The van der Waals surface area contributed by atoms with Gasteiger partial charge in [0, 0.05) is 55.6 Å². The summed E-state index contributed by atoms with van der Waals surface area (Å²) in [6, 6.07) is 14.1. The second-order valence-corrected chi connectivity index (χ2v) is 6.39. The van der Waals surface area contributed by atoms with Crippen LogP contribution >= 0.6 is 0 Å². The predicted octanol–water partition coefficient (Wildman–Crippen LogP) is 3.36. The van der Waals surface area contributed by atoms with Crippen LogP contribution in [0.5, 0.6) is 5.75 Å². The molecule has 2 aromatic rings. The molecule has 7 nitrogen and oxygen atoms in total. The average Bonchev–Trinajstić information content (AvgIpc) is 2.73. The molecular weight excluding hydrogens is 358 g/mol. The molecule has 0 radical (unpaired) electrons. The first-order valence-electron chi connectivity index (χ1n) is 9.26. The van der Waals surface area contributed by atoms with Gasteiger partial charge in [-0.1, -0.05) is 18.2 Å². The number of ether oxygens (including phenoxy) is 1. The zero-order chi connectivity index (χ0) is 19.9. The van der Waals surface area contributed by atoms with Crippen molar-refractivity contribution in [2.75, 3.05) is 37.7 Å². The number of carbonyl (C=O) groups is 1. The molecule has 28 heavy (non-hydrogen) atoms. The fourth-order valence-corrected chi connectivity index (χ4v) is 3.14. The van der Waals surface area contributed by atoms with Crippen LogP contribution in [0.2, 0.25) is 0 Å². The number of piperazine rings is 1. The van der Waals surface area contributed by atoms with E-state index in [1.807, 2.05) is 36.1 Å². The lowest BCUT2D eigenvalue weighted by molar-refractivity contribution is -0.384.